The van der Waals surface area contributed by atoms with E-state index in [-0.39, 0.29) is 9.72 Å². The number of sulfonamides is 1. The van der Waals surface area contributed by atoms with Crippen molar-refractivity contribution >= 4 is 26.0 Å². The third-order valence-electron chi connectivity index (χ3n) is 2.31. The van der Waals surface area contributed by atoms with Crippen LogP contribution in [0.25, 0.3) is 0 Å². The van der Waals surface area contributed by atoms with E-state index < -0.39 is 10.0 Å². The fourth-order valence-electron chi connectivity index (χ4n) is 1.18. The standard InChI is InChI=1S/C11H16BrNO3S/c1-3-9(12)8-13-17(14,15)11-6-4-10(16-2)5-7-11/h4-7,9,13H,3,8H2,1-2H3. The summed E-state index contributed by atoms with van der Waals surface area (Å²) < 4.78 is 31.3. The molecule has 1 aromatic carbocycles. The van der Waals surface area contributed by atoms with Gasteiger partial charge in [-0.2, -0.15) is 0 Å². The van der Waals surface area contributed by atoms with E-state index in [0.29, 0.717) is 12.3 Å². The highest BCUT2D eigenvalue weighted by molar-refractivity contribution is 9.09. The van der Waals surface area contributed by atoms with Crippen molar-refractivity contribution in [3.05, 3.63) is 24.3 Å². The van der Waals surface area contributed by atoms with E-state index in [1.54, 1.807) is 19.2 Å². The molecular formula is C11H16BrNO3S. The number of alkyl halides is 1. The molecule has 0 heterocycles. The summed E-state index contributed by atoms with van der Waals surface area (Å²) in [5, 5.41) is 0. The minimum atomic E-state index is -3.43. The molecule has 0 radical (unpaired) electrons. The number of ether oxygens (including phenoxy) is 1. The second-order valence-corrected chi connectivity index (χ2v) is 6.59. The molecule has 1 aromatic rings. The molecule has 17 heavy (non-hydrogen) atoms. The first-order chi connectivity index (χ1) is 7.99. The van der Waals surface area contributed by atoms with Crippen LogP contribution in [0.2, 0.25) is 0 Å². The fraction of sp³-hybridized carbons (Fsp3) is 0.455. The molecule has 0 aromatic heterocycles. The van der Waals surface area contributed by atoms with Crippen LogP contribution in [0.1, 0.15) is 13.3 Å². The summed E-state index contributed by atoms with van der Waals surface area (Å²) in [7, 11) is -1.89. The van der Waals surface area contributed by atoms with E-state index in [2.05, 4.69) is 20.7 Å². The van der Waals surface area contributed by atoms with E-state index in [1.165, 1.54) is 12.1 Å². The minimum Gasteiger partial charge on any atom is -0.497 e. The molecule has 0 aliphatic rings. The first-order valence-corrected chi connectivity index (χ1v) is 7.67. The van der Waals surface area contributed by atoms with E-state index >= 15 is 0 Å². The van der Waals surface area contributed by atoms with Gasteiger partial charge in [-0.3, -0.25) is 0 Å². The Labute approximate surface area is 111 Å². The summed E-state index contributed by atoms with van der Waals surface area (Å²) >= 11 is 3.38. The maximum atomic E-state index is 11.9. The van der Waals surface area contributed by atoms with E-state index in [1.807, 2.05) is 6.92 Å². The summed E-state index contributed by atoms with van der Waals surface area (Å²) in [5.41, 5.74) is 0. The summed E-state index contributed by atoms with van der Waals surface area (Å²) in [6, 6.07) is 6.30. The van der Waals surface area contributed by atoms with Crippen molar-refractivity contribution < 1.29 is 13.2 Å². The summed E-state index contributed by atoms with van der Waals surface area (Å²) in [6.45, 7) is 2.37. The van der Waals surface area contributed by atoms with Crippen molar-refractivity contribution in [1.29, 1.82) is 0 Å². The quantitative estimate of drug-likeness (QED) is 0.817. The number of halogens is 1. The molecule has 1 rings (SSSR count). The van der Waals surface area contributed by atoms with Crippen LogP contribution in [-0.2, 0) is 10.0 Å². The van der Waals surface area contributed by atoms with Crippen LogP contribution in [0.15, 0.2) is 29.2 Å². The molecule has 0 saturated carbocycles. The largest absolute Gasteiger partial charge is 0.497 e. The van der Waals surface area contributed by atoms with Gasteiger partial charge in [0.1, 0.15) is 5.75 Å². The Bertz CT molecular complexity index is 444. The van der Waals surface area contributed by atoms with Gasteiger partial charge in [-0.05, 0) is 30.7 Å². The molecule has 96 valence electrons. The molecule has 1 N–H and O–H groups in total. The van der Waals surface area contributed by atoms with Crippen molar-refractivity contribution in [3.63, 3.8) is 0 Å². The number of hydrogen-bond donors (Lipinski definition) is 1. The summed E-state index contributed by atoms with van der Waals surface area (Å²) in [6.07, 6.45) is 0.866. The van der Waals surface area contributed by atoms with Crippen molar-refractivity contribution in [2.24, 2.45) is 0 Å². The molecule has 0 saturated heterocycles. The molecule has 1 unspecified atom stereocenters. The molecule has 0 aliphatic heterocycles. The second-order valence-electron chi connectivity index (χ2n) is 3.53. The monoisotopic (exact) mass is 321 g/mol. The molecule has 1 atom stereocenters. The molecule has 0 bridgehead atoms. The van der Waals surface area contributed by atoms with Crippen LogP contribution >= 0.6 is 15.9 Å². The van der Waals surface area contributed by atoms with Crippen LogP contribution in [0.3, 0.4) is 0 Å². The lowest BCUT2D eigenvalue weighted by atomic mass is 10.3. The molecule has 0 aliphatic carbocycles. The maximum Gasteiger partial charge on any atom is 0.240 e. The highest BCUT2D eigenvalue weighted by atomic mass is 79.9. The van der Waals surface area contributed by atoms with Crippen molar-refractivity contribution in [2.75, 3.05) is 13.7 Å². The topological polar surface area (TPSA) is 55.4 Å². The Morgan fingerprint density at radius 1 is 1.35 bits per heavy atom. The molecule has 4 nitrogen and oxygen atoms in total. The Morgan fingerprint density at radius 3 is 2.41 bits per heavy atom. The van der Waals surface area contributed by atoms with Crippen LogP contribution in [0, 0.1) is 0 Å². The average Bonchev–Trinajstić information content (AvgIpc) is 2.36. The van der Waals surface area contributed by atoms with Crippen LogP contribution < -0.4 is 9.46 Å². The Morgan fingerprint density at radius 2 is 1.94 bits per heavy atom. The summed E-state index contributed by atoms with van der Waals surface area (Å²) in [4.78, 5) is 0.393. The predicted molar refractivity (Wildman–Crippen MR) is 71.2 cm³/mol. The Balaban J connectivity index is 2.75. The average molecular weight is 322 g/mol. The molecule has 0 spiro atoms. The number of hydrogen-bond acceptors (Lipinski definition) is 3. The van der Waals surface area contributed by atoms with E-state index in [4.69, 9.17) is 4.74 Å². The predicted octanol–water partition coefficient (Wildman–Crippen LogP) is 2.15. The van der Waals surface area contributed by atoms with Gasteiger partial charge in [-0.25, -0.2) is 13.1 Å². The smallest absolute Gasteiger partial charge is 0.240 e. The zero-order chi connectivity index (χ0) is 12.9. The van der Waals surface area contributed by atoms with Gasteiger partial charge in [-0.1, -0.05) is 22.9 Å². The van der Waals surface area contributed by atoms with Gasteiger partial charge in [0.2, 0.25) is 10.0 Å². The molecule has 0 fully saturated rings. The van der Waals surface area contributed by atoms with Gasteiger partial charge in [0, 0.05) is 11.4 Å². The lowest BCUT2D eigenvalue weighted by Gasteiger charge is -2.10. The van der Waals surface area contributed by atoms with Crippen LogP contribution in [0.4, 0.5) is 0 Å². The molecular weight excluding hydrogens is 306 g/mol. The highest BCUT2D eigenvalue weighted by Gasteiger charge is 2.14. The SMILES string of the molecule is CCC(Br)CNS(=O)(=O)c1ccc(OC)cc1. The number of nitrogens with one attached hydrogen (secondary N) is 1. The first kappa shape index (κ1) is 14.5. The number of rotatable bonds is 6. The zero-order valence-electron chi connectivity index (χ0n) is 9.81. The normalized spacial score (nSPS) is 13.4. The van der Waals surface area contributed by atoms with Crippen molar-refractivity contribution in [2.45, 2.75) is 23.1 Å². The zero-order valence-corrected chi connectivity index (χ0v) is 12.2. The maximum absolute atomic E-state index is 11.9. The third-order valence-corrected chi connectivity index (χ3v) is 4.72. The van der Waals surface area contributed by atoms with Crippen LogP contribution in [0.5, 0.6) is 5.75 Å². The first-order valence-electron chi connectivity index (χ1n) is 5.27. The number of benzene rings is 1. The Kier molecular flexibility index (Phi) is 5.42. The van der Waals surface area contributed by atoms with Gasteiger partial charge < -0.3 is 4.74 Å². The lowest BCUT2D eigenvalue weighted by molar-refractivity contribution is 0.414. The second kappa shape index (κ2) is 6.37. The van der Waals surface area contributed by atoms with Gasteiger partial charge in [0.15, 0.2) is 0 Å². The van der Waals surface area contributed by atoms with Crippen LogP contribution in [-0.4, -0.2) is 26.9 Å². The number of methoxy groups -OCH3 is 1. The van der Waals surface area contributed by atoms with E-state index in [9.17, 15) is 8.42 Å². The van der Waals surface area contributed by atoms with Gasteiger partial charge >= 0.3 is 0 Å². The molecule has 0 amide bonds. The van der Waals surface area contributed by atoms with Gasteiger partial charge in [-0.15, -0.1) is 0 Å². The van der Waals surface area contributed by atoms with E-state index in [0.717, 1.165) is 6.42 Å². The third kappa shape index (κ3) is 4.29. The van der Waals surface area contributed by atoms with Crippen molar-refractivity contribution in [1.82, 2.24) is 4.72 Å². The summed E-state index contributed by atoms with van der Waals surface area (Å²) in [5.74, 6) is 0.635. The highest BCUT2D eigenvalue weighted by Crippen LogP contribution is 2.15. The minimum absolute atomic E-state index is 0.149. The Hall–Kier alpha value is -0.590. The molecule has 6 heteroatoms. The van der Waals surface area contributed by atoms with Crippen molar-refractivity contribution in [3.8, 4) is 5.75 Å². The lowest BCUT2D eigenvalue weighted by Crippen LogP contribution is -2.29. The van der Waals surface area contributed by atoms with Gasteiger partial charge in [0.05, 0.1) is 12.0 Å². The fourth-order valence-corrected chi connectivity index (χ4v) is 2.64. The van der Waals surface area contributed by atoms with Gasteiger partial charge in [0.25, 0.3) is 0 Å².